The predicted molar refractivity (Wildman–Crippen MR) is 75.7 cm³/mol. The van der Waals surface area contributed by atoms with E-state index >= 15 is 0 Å². The van der Waals surface area contributed by atoms with Crippen LogP contribution in [0.3, 0.4) is 0 Å². The molecule has 1 aromatic heterocycles. The Morgan fingerprint density at radius 3 is 2.78 bits per heavy atom. The minimum Gasteiger partial charge on any atom is -0.370 e. The molecule has 0 aliphatic rings. The molecule has 0 saturated carbocycles. The van der Waals surface area contributed by atoms with Gasteiger partial charge in [0.05, 0.1) is 0 Å². The summed E-state index contributed by atoms with van der Waals surface area (Å²) in [4.78, 5) is 6.24. The van der Waals surface area contributed by atoms with Gasteiger partial charge in [0.15, 0.2) is 0 Å². The van der Waals surface area contributed by atoms with Crippen LogP contribution in [0.5, 0.6) is 0 Å². The van der Waals surface area contributed by atoms with Crippen LogP contribution in [0.25, 0.3) is 0 Å². The third kappa shape index (κ3) is 2.81. The zero-order valence-electron chi connectivity index (χ0n) is 10.3. The molecular formula is C14H16ClN3. The maximum Gasteiger partial charge on any atom is 0.0471 e. The van der Waals surface area contributed by atoms with Gasteiger partial charge < -0.3 is 10.6 Å². The maximum absolute atomic E-state index is 6.16. The first-order valence-electron chi connectivity index (χ1n) is 5.80. The quantitative estimate of drug-likeness (QED) is 0.920. The number of rotatable bonds is 4. The second kappa shape index (κ2) is 5.85. The number of anilines is 1. The van der Waals surface area contributed by atoms with Gasteiger partial charge in [-0.15, -0.1) is 0 Å². The van der Waals surface area contributed by atoms with Gasteiger partial charge in [0.2, 0.25) is 0 Å². The molecule has 0 aliphatic heterocycles. The van der Waals surface area contributed by atoms with E-state index < -0.39 is 0 Å². The zero-order valence-corrected chi connectivity index (χ0v) is 11.1. The fourth-order valence-corrected chi connectivity index (χ4v) is 2.20. The third-order valence-corrected chi connectivity index (χ3v) is 3.21. The van der Waals surface area contributed by atoms with Gasteiger partial charge in [-0.2, -0.15) is 0 Å². The second-order valence-corrected chi connectivity index (χ2v) is 4.57. The normalized spacial score (nSPS) is 10.4. The van der Waals surface area contributed by atoms with Gasteiger partial charge in [0.25, 0.3) is 0 Å². The standard InChI is InChI=1S/C14H16ClN3/c1-18(10-11-4-3-7-17-9-11)14-6-2-5-13(15)12(14)8-16/h2-7,9H,8,10,16H2,1H3. The number of hydrogen-bond donors (Lipinski definition) is 1. The third-order valence-electron chi connectivity index (χ3n) is 2.85. The van der Waals surface area contributed by atoms with Crippen molar-refractivity contribution in [1.82, 2.24) is 4.98 Å². The Morgan fingerprint density at radius 1 is 1.28 bits per heavy atom. The highest BCUT2D eigenvalue weighted by Crippen LogP contribution is 2.27. The number of nitrogens with zero attached hydrogens (tertiary/aromatic N) is 2. The smallest absolute Gasteiger partial charge is 0.0471 e. The van der Waals surface area contributed by atoms with E-state index in [2.05, 4.69) is 16.0 Å². The van der Waals surface area contributed by atoms with Crippen LogP contribution in [-0.2, 0) is 13.1 Å². The molecule has 2 aromatic rings. The molecule has 0 unspecified atom stereocenters. The van der Waals surface area contributed by atoms with Crippen molar-refractivity contribution in [3.63, 3.8) is 0 Å². The maximum atomic E-state index is 6.16. The Bertz CT molecular complexity index is 514. The van der Waals surface area contributed by atoms with Crippen molar-refractivity contribution < 1.29 is 0 Å². The lowest BCUT2D eigenvalue weighted by Gasteiger charge is -2.22. The molecule has 4 heteroatoms. The van der Waals surface area contributed by atoms with Gasteiger partial charge in [0.1, 0.15) is 0 Å². The van der Waals surface area contributed by atoms with Crippen LogP contribution in [0.1, 0.15) is 11.1 Å². The lowest BCUT2D eigenvalue weighted by atomic mass is 10.1. The van der Waals surface area contributed by atoms with E-state index in [1.54, 1.807) is 6.20 Å². The van der Waals surface area contributed by atoms with Crippen LogP contribution in [0.4, 0.5) is 5.69 Å². The van der Waals surface area contributed by atoms with Crippen LogP contribution in [0.15, 0.2) is 42.7 Å². The Balaban J connectivity index is 2.24. The van der Waals surface area contributed by atoms with Crippen molar-refractivity contribution in [2.75, 3.05) is 11.9 Å². The van der Waals surface area contributed by atoms with Crippen LogP contribution in [0.2, 0.25) is 5.02 Å². The Labute approximate surface area is 112 Å². The van der Waals surface area contributed by atoms with Crippen LogP contribution in [-0.4, -0.2) is 12.0 Å². The molecular weight excluding hydrogens is 246 g/mol. The Morgan fingerprint density at radius 2 is 2.11 bits per heavy atom. The Kier molecular flexibility index (Phi) is 4.18. The van der Waals surface area contributed by atoms with Gasteiger partial charge in [-0.3, -0.25) is 4.98 Å². The summed E-state index contributed by atoms with van der Waals surface area (Å²) in [6, 6.07) is 9.83. The summed E-state index contributed by atoms with van der Waals surface area (Å²) >= 11 is 6.16. The van der Waals surface area contributed by atoms with E-state index in [9.17, 15) is 0 Å². The Hall–Kier alpha value is -1.58. The minimum absolute atomic E-state index is 0.437. The molecule has 0 radical (unpaired) electrons. The van der Waals surface area contributed by atoms with Gasteiger partial charge in [-0.05, 0) is 23.8 Å². The van der Waals surface area contributed by atoms with Crippen molar-refractivity contribution in [3.05, 3.63) is 58.9 Å². The monoisotopic (exact) mass is 261 g/mol. The fourth-order valence-electron chi connectivity index (χ4n) is 1.96. The van der Waals surface area contributed by atoms with Crippen LogP contribution in [0, 0.1) is 0 Å². The summed E-state index contributed by atoms with van der Waals surface area (Å²) < 4.78 is 0. The van der Waals surface area contributed by atoms with Gasteiger partial charge in [0, 0.05) is 48.8 Å². The van der Waals surface area contributed by atoms with E-state index in [1.165, 1.54) is 0 Å². The first-order chi connectivity index (χ1) is 8.72. The van der Waals surface area contributed by atoms with Gasteiger partial charge in [-0.25, -0.2) is 0 Å². The summed E-state index contributed by atoms with van der Waals surface area (Å²) in [6.07, 6.45) is 3.64. The number of nitrogens with two attached hydrogens (primary N) is 1. The number of benzene rings is 1. The summed E-state index contributed by atoms with van der Waals surface area (Å²) in [6.45, 7) is 1.22. The van der Waals surface area contributed by atoms with Gasteiger partial charge >= 0.3 is 0 Å². The lowest BCUT2D eigenvalue weighted by molar-refractivity contribution is 0.898. The molecule has 94 valence electrons. The van der Waals surface area contributed by atoms with Crippen LogP contribution >= 0.6 is 11.6 Å². The first kappa shape index (κ1) is 12.9. The highest BCUT2D eigenvalue weighted by molar-refractivity contribution is 6.31. The molecule has 0 aliphatic carbocycles. The minimum atomic E-state index is 0.437. The lowest BCUT2D eigenvalue weighted by Crippen LogP contribution is -2.19. The van der Waals surface area contributed by atoms with Gasteiger partial charge in [-0.1, -0.05) is 23.7 Å². The number of aromatic nitrogens is 1. The molecule has 0 bridgehead atoms. The molecule has 1 heterocycles. The van der Waals surface area contributed by atoms with Crippen molar-refractivity contribution in [2.45, 2.75) is 13.1 Å². The van der Waals surface area contributed by atoms with E-state index in [4.69, 9.17) is 17.3 Å². The van der Waals surface area contributed by atoms with Crippen molar-refractivity contribution in [2.24, 2.45) is 5.73 Å². The van der Waals surface area contributed by atoms with E-state index in [0.717, 1.165) is 23.4 Å². The molecule has 0 amide bonds. The predicted octanol–water partition coefficient (Wildman–Crippen LogP) is 2.83. The highest BCUT2D eigenvalue weighted by Gasteiger charge is 2.09. The van der Waals surface area contributed by atoms with Crippen molar-refractivity contribution in [3.8, 4) is 0 Å². The second-order valence-electron chi connectivity index (χ2n) is 4.16. The van der Waals surface area contributed by atoms with Crippen molar-refractivity contribution >= 4 is 17.3 Å². The molecule has 1 aromatic carbocycles. The van der Waals surface area contributed by atoms with E-state index in [1.807, 2.05) is 37.5 Å². The number of hydrogen-bond acceptors (Lipinski definition) is 3. The summed E-state index contributed by atoms with van der Waals surface area (Å²) in [7, 11) is 2.03. The summed E-state index contributed by atoms with van der Waals surface area (Å²) in [5, 5.41) is 0.716. The molecule has 3 nitrogen and oxygen atoms in total. The largest absolute Gasteiger partial charge is 0.370 e. The molecule has 0 saturated heterocycles. The average Bonchev–Trinajstić information content (AvgIpc) is 2.39. The topological polar surface area (TPSA) is 42.2 Å². The average molecular weight is 262 g/mol. The molecule has 2 N–H and O–H groups in total. The highest BCUT2D eigenvalue weighted by atomic mass is 35.5. The number of pyridine rings is 1. The fraction of sp³-hybridized carbons (Fsp3) is 0.214. The number of halogens is 1. The SMILES string of the molecule is CN(Cc1cccnc1)c1cccc(Cl)c1CN. The molecule has 2 rings (SSSR count). The van der Waals surface area contributed by atoms with Crippen LogP contribution < -0.4 is 10.6 Å². The van der Waals surface area contributed by atoms with E-state index in [-0.39, 0.29) is 0 Å². The van der Waals surface area contributed by atoms with E-state index in [0.29, 0.717) is 11.6 Å². The molecule has 0 spiro atoms. The van der Waals surface area contributed by atoms with Crippen molar-refractivity contribution in [1.29, 1.82) is 0 Å². The molecule has 18 heavy (non-hydrogen) atoms. The summed E-state index contributed by atoms with van der Waals surface area (Å²) in [5.74, 6) is 0. The zero-order chi connectivity index (χ0) is 13.0. The summed E-state index contributed by atoms with van der Waals surface area (Å²) in [5.41, 5.74) is 8.96. The molecule has 0 atom stereocenters. The first-order valence-corrected chi connectivity index (χ1v) is 6.17. The molecule has 0 fully saturated rings.